The minimum absolute atomic E-state index is 0.0147. The second kappa shape index (κ2) is 6.50. The highest BCUT2D eigenvalue weighted by Crippen LogP contribution is 2.07. The molecule has 0 N–H and O–H groups in total. The summed E-state index contributed by atoms with van der Waals surface area (Å²) in [5, 5.41) is 0. The number of para-hydroxylation sites is 1. The first kappa shape index (κ1) is 12.1. The van der Waals surface area contributed by atoms with Crippen molar-refractivity contribution in [1.82, 2.24) is 0 Å². The summed E-state index contributed by atoms with van der Waals surface area (Å²) in [5.41, 5.74) is 0. The first-order valence-electron chi connectivity index (χ1n) is 4.82. The van der Waals surface area contributed by atoms with Crippen molar-refractivity contribution in [1.29, 1.82) is 0 Å². The molecule has 4 heteroatoms. The van der Waals surface area contributed by atoms with E-state index < -0.39 is 5.97 Å². The van der Waals surface area contributed by atoms with Gasteiger partial charge in [0.25, 0.3) is 0 Å². The number of carbonyl (C=O) groups is 1. The largest absolute Gasteiger partial charge is 0.490 e. The smallest absolute Gasteiger partial charge is 0.372 e. The number of benzene rings is 1. The van der Waals surface area contributed by atoms with Crippen molar-refractivity contribution in [3.8, 4) is 5.75 Å². The lowest BCUT2D eigenvalue weighted by Gasteiger charge is -2.08. The average molecular weight is 222 g/mol. The Hall–Kier alpha value is -1.97. The van der Waals surface area contributed by atoms with Crippen molar-refractivity contribution in [2.75, 3.05) is 20.3 Å². The predicted octanol–water partition coefficient (Wildman–Crippen LogP) is 1.77. The maximum absolute atomic E-state index is 10.9. The molecule has 0 aliphatic rings. The molecular weight excluding hydrogens is 208 g/mol. The van der Waals surface area contributed by atoms with Gasteiger partial charge in [-0.2, -0.15) is 0 Å². The van der Waals surface area contributed by atoms with Crippen LogP contribution < -0.4 is 4.74 Å². The SMILES string of the molecule is C=C(OCCOc1ccccc1)C(=O)OC. The third kappa shape index (κ3) is 4.04. The fraction of sp³-hybridized carbons (Fsp3) is 0.250. The van der Waals surface area contributed by atoms with E-state index in [1.165, 1.54) is 7.11 Å². The van der Waals surface area contributed by atoms with Crippen LogP contribution in [0.25, 0.3) is 0 Å². The van der Waals surface area contributed by atoms with Gasteiger partial charge in [0.1, 0.15) is 19.0 Å². The van der Waals surface area contributed by atoms with Crippen LogP contribution >= 0.6 is 0 Å². The molecule has 1 aromatic carbocycles. The lowest BCUT2D eigenvalue weighted by Crippen LogP contribution is -2.12. The van der Waals surface area contributed by atoms with Gasteiger partial charge in [-0.25, -0.2) is 4.79 Å². The number of rotatable bonds is 6. The van der Waals surface area contributed by atoms with E-state index in [-0.39, 0.29) is 12.4 Å². The molecular formula is C12H14O4. The van der Waals surface area contributed by atoms with Gasteiger partial charge in [0.15, 0.2) is 5.76 Å². The summed E-state index contributed by atoms with van der Waals surface area (Å²) in [6, 6.07) is 9.35. The molecule has 0 radical (unpaired) electrons. The van der Waals surface area contributed by atoms with Gasteiger partial charge in [0.2, 0.25) is 0 Å². The van der Waals surface area contributed by atoms with Gasteiger partial charge in [0.05, 0.1) is 7.11 Å². The lowest BCUT2D eigenvalue weighted by molar-refractivity contribution is -0.140. The molecule has 0 bridgehead atoms. The highest BCUT2D eigenvalue weighted by Gasteiger charge is 2.06. The molecule has 0 spiro atoms. The monoisotopic (exact) mass is 222 g/mol. The molecule has 0 saturated heterocycles. The molecule has 0 saturated carbocycles. The van der Waals surface area contributed by atoms with Crippen LogP contribution in [0.2, 0.25) is 0 Å². The van der Waals surface area contributed by atoms with E-state index in [4.69, 9.17) is 9.47 Å². The summed E-state index contributed by atoms with van der Waals surface area (Å²) in [4.78, 5) is 10.9. The van der Waals surface area contributed by atoms with E-state index in [1.54, 1.807) is 0 Å². The van der Waals surface area contributed by atoms with Crippen LogP contribution in [0, 0.1) is 0 Å². The number of hydrogen-bond donors (Lipinski definition) is 0. The fourth-order valence-electron chi connectivity index (χ4n) is 1.01. The summed E-state index contributed by atoms with van der Waals surface area (Å²) in [6.07, 6.45) is 0. The minimum atomic E-state index is -0.570. The maximum Gasteiger partial charge on any atom is 0.372 e. The van der Waals surface area contributed by atoms with Crippen molar-refractivity contribution < 1.29 is 19.0 Å². The first-order valence-corrected chi connectivity index (χ1v) is 4.82. The number of esters is 1. The zero-order valence-corrected chi connectivity index (χ0v) is 9.14. The van der Waals surface area contributed by atoms with Crippen LogP contribution in [0.3, 0.4) is 0 Å². The maximum atomic E-state index is 10.9. The topological polar surface area (TPSA) is 44.8 Å². The molecule has 0 amide bonds. The predicted molar refractivity (Wildman–Crippen MR) is 59.0 cm³/mol. The molecule has 86 valence electrons. The molecule has 1 aromatic rings. The van der Waals surface area contributed by atoms with E-state index in [1.807, 2.05) is 30.3 Å². The number of carbonyl (C=O) groups excluding carboxylic acids is 1. The second-order valence-electron chi connectivity index (χ2n) is 2.92. The average Bonchev–Trinajstić information content (AvgIpc) is 2.34. The molecule has 16 heavy (non-hydrogen) atoms. The van der Waals surface area contributed by atoms with Crippen LogP contribution in [0.5, 0.6) is 5.75 Å². The second-order valence-corrected chi connectivity index (χ2v) is 2.92. The normalized spacial score (nSPS) is 9.31. The Labute approximate surface area is 94.4 Å². The summed E-state index contributed by atoms with van der Waals surface area (Å²) < 4.78 is 14.8. The van der Waals surface area contributed by atoms with Crippen molar-refractivity contribution >= 4 is 5.97 Å². The van der Waals surface area contributed by atoms with E-state index in [9.17, 15) is 4.79 Å². The van der Waals surface area contributed by atoms with Crippen molar-refractivity contribution in [3.05, 3.63) is 42.7 Å². The molecule has 4 nitrogen and oxygen atoms in total. The van der Waals surface area contributed by atoms with Crippen LogP contribution in [0.15, 0.2) is 42.7 Å². The van der Waals surface area contributed by atoms with Crippen molar-refractivity contribution in [2.45, 2.75) is 0 Å². The summed E-state index contributed by atoms with van der Waals surface area (Å²) in [6.45, 7) is 4.02. The third-order valence-corrected chi connectivity index (χ3v) is 1.78. The Balaban J connectivity index is 2.17. The van der Waals surface area contributed by atoms with Gasteiger partial charge in [-0.1, -0.05) is 18.2 Å². The van der Waals surface area contributed by atoms with E-state index in [2.05, 4.69) is 11.3 Å². The molecule has 0 unspecified atom stereocenters. The van der Waals surface area contributed by atoms with E-state index >= 15 is 0 Å². The molecule has 0 heterocycles. The number of hydrogen-bond acceptors (Lipinski definition) is 4. The Kier molecular flexibility index (Phi) is 4.92. The van der Waals surface area contributed by atoms with Crippen LogP contribution in [0.1, 0.15) is 0 Å². The number of methoxy groups -OCH3 is 1. The molecule has 0 fully saturated rings. The molecule has 0 aliphatic heterocycles. The zero-order valence-electron chi connectivity index (χ0n) is 9.14. The summed E-state index contributed by atoms with van der Waals surface area (Å²) in [5.74, 6) is 0.175. The van der Waals surface area contributed by atoms with Gasteiger partial charge in [-0.3, -0.25) is 0 Å². The van der Waals surface area contributed by atoms with Gasteiger partial charge < -0.3 is 14.2 Å². The molecule has 0 atom stereocenters. The number of ether oxygens (including phenoxy) is 3. The van der Waals surface area contributed by atoms with Gasteiger partial charge in [0, 0.05) is 0 Å². The highest BCUT2D eigenvalue weighted by molar-refractivity contribution is 5.85. The Morgan fingerprint density at radius 2 is 1.94 bits per heavy atom. The minimum Gasteiger partial charge on any atom is -0.490 e. The van der Waals surface area contributed by atoms with Crippen molar-refractivity contribution in [3.63, 3.8) is 0 Å². The van der Waals surface area contributed by atoms with Gasteiger partial charge >= 0.3 is 5.97 Å². The molecule has 1 rings (SSSR count). The summed E-state index contributed by atoms with van der Waals surface area (Å²) in [7, 11) is 1.28. The molecule has 0 aromatic heterocycles. The lowest BCUT2D eigenvalue weighted by atomic mass is 10.3. The van der Waals surface area contributed by atoms with Crippen LogP contribution in [-0.2, 0) is 14.3 Å². The van der Waals surface area contributed by atoms with Gasteiger partial charge in [-0.15, -0.1) is 0 Å². The van der Waals surface area contributed by atoms with E-state index in [0.29, 0.717) is 6.61 Å². The third-order valence-electron chi connectivity index (χ3n) is 1.78. The Morgan fingerprint density at radius 1 is 1.25 bits per heavy atom. The highest BCUT2D eigenvalue weighted by atomic mass is 16.6. The van der Waals surface area contributed by atoms with E-state index in [0.717, 1.165) is 5.75 Å². The molecule has 0 aliphatic carbocycles. The quantitative estimate of drug-likeness (QED) is 0.318. The Morgan fingerprint density at radius 3 is 2.56 bits per heavy atom. The van der Waals surface area contributed by atoms with Crippen LogP contribution in [-0.4, -0.2) is 26.3 Å². The first-order chi connectivity index (χ1) is 7.74. The zero-order chi connectivity index (χ0) is 11.8. The van der Waals surface area contributed by atoms with Crippen LogP contribution in [0.4, 0.5) is 0 Å². The Bertz CT molecular complexity index is 345. The van der Waals surface area contributed by atoms with Crippen molar-refractivity contribution in [2.24, 2.45) is 0 Å². The summed E-state index contributed by atoms with van der Waals surface area (Å²) >= 11 is 0. The fourth-order valence-corrected chi connectivity index (χ4v) is 1.01. The standard InChI is InChI=1S/C12H14O4/c1-10(12(13)14-2)15-8-9-16-11-6-4-3-5-7-11/h3-7H,1,8-9H2,2H3. The van der Waals surface area contributed by atoms with Gasteiger partial charge in [-0.05, 0) is 18.7 Å².